The molecule has 1 N–H and O–H groups in total. The summed E-state index contributed by atoms with van der Waals surface area (Å²) in [5.41, 5.74) is 2.10. The van der Waals surface area contributed by atoms with Gasteiger partial charge in [0.1, 0.15) is 6.61 Å². The van der Waals surface area contributed by atoms with E-state index in [1.54, 1.807) is 7.11 Å². The van der Waals surface area contributed by atoms with Crippen LogP contribution < -0.4 is 10.1 Å². The van der Waals surface area contributed by atoms with Gasteiger partial charge in [-0.15, -0.1) is 0 Å². The highest BCUT2D eigenvalue weighted by Gasteiger charge is 2.10. The van der Waals surface area contributed by atoms with Crippen LogP contribution >= 0.6 is 23.2 Å². The van der Waals surface area contributed by atoms with Crippen molar-refractivity contribution in [3.63, 3.8) is 0 Å². The van der Waals surface area contributed by atoms with Crippen LogP contribution in [-0.4, -0.2) is 20.3 Å². The fraction of sp³-hybridized carbons (Fsp3) is 0.333. The second-order valence-corrected chi connectivity index (χ2v) is 6.00. The van der Waals surface area contributed by atoms with Gasteiger partial charge in [0.05, 0.1) is 10.0 Å². The van der Waals surface area contributed by atoms with Gasteiger partial charge in [0.25, 0.3) is 0 Å². The van der Waals surface area contributed by atoms with Gasteiger partial charge < -0.3 is 14.8 Å². The minimum Gasteiger partial charge on any atom is -0.486 e. The third-order valence-corrected chi connectivity index (χ3v) is 3.88. The average molecular weight is 354 g/mol. The second kappa shape index (κ2) is 9.78. The van der Waals surface area contributed by atoms with E-state index in [2.05, 4.69) is 5.32 Å². The van der Waals surface area contributed by atoms with Crippen molar-refractivity contribution in [3.8, 4) is 5.75 Å². The number of halogens is 2. The molecule has 0 atom stereocenters. The van der Waals surface area contributed by atoms with Crippen LogP contribution in [0.15, 0.2) is 42.5 Å². The average Bonchev–Trinajstić information content (AvgIpc) is 2.55. The lowest BCUT2D eigenvalue weighted by atomic mass is 10.2. The zero-order valence-corrected chi connectivity index (χ0v) is 14.7. The first kappa shape index (κ1) is 18.1. The zero-order valence-electron chi connectivity index (χ0n) is 13.1. The van der Waals surface area contributed by atoms with Crippen molar-refractivity contribution in [1.82, 2.24) is 5.32 Å². The fourth-order valence-corrected chi connectivity index (χ4v) is 2.80. The minimum absolute atomic E-state index is 0.439. The third-order valence-electron chi connectivity index (χ3n) is 3.32. The molecule has 0 amide bonds. The van der Waals surface area contributed by atoms with E-state index >= 15 is 0 Å². The maximum Gasteiger partial charge on any atom is 0.156 e. The summed E-state index contributed by atoms with van der Waals surface area (Å²) in [4.78, 5) is 0. The van der Waals surface area contributed by atoms with Gasteiger partial charge in [-0.2, -0.15) is 0 Å². The van der Waals surface area contributed by atoms with Gasteiger partial charge in [-0.05, 0) is 36.2 Å². The Hall–Kier alpha value is -1.26. The molecule has 124 valence electrons. The number of hydrogen-bond acceptors (Lipinski definition) is 3. The molecule has 0 aliphatic rings. The molecule has 0 heterocycles. The molecule has 0 saturated heterocycles. The van der Waals surface area contributed by atoms with Gasteiger partial charge in [0, 0.05) is 20.3 Å². The molecular weight excluding hydrogens is 333 g/mol. The van der Waals surface area contributed by atoms with E-state index < -0.39 is 0 Å². The fourth-order valence-electron chi connectivity index (χ4n) is 2.16. The Kier molecular flexibility index (Phi) is 7.69. The molecule has 2 rings (SSSR count). The van der Waals surface area contributed by atoms with Crippen LogP contribution in [0.5, 0.6) is 5.75 Å². The molecule has 0 aliphatic heterocycles. The Bertz CT molecular complexity index is 582. The summed E-state index contributed by atoms with van der Waals surface area (Å²) < 4.78 is 10.8. The van der Waals surface area contributed by atoms with Crippen LogP contribution in [0.2, 0.25) is 10.0 Å². The lowest BCUT2D eigenvalue weighted by molar-refractivity contribution is 0.194. The molecule has 0 bridgehead atoms. The summed E-state index contributed by atoms with van der Waals surface area (Å²) in [5.74, 6) is 0.528. The largest absolute Gasteiger partial charge is 0.486 e. The Morgan fingerprint density at radius 1 is 1.00 bits per heavy atom. The van der Waals surface area contributed by atoms with E-state index in [0.29, 0.717) is 28.9 Å². The first-order chi connectivity index (χ1) is 11.2. The molecule has 0 spiro atoms. The lowest BCUT2D eigenvalue weighted by Gasteiger charge is -2.12. The van der Waals surface area contributed by atoms with E-state index in [-0.39, 0.29) is 0 Å². The van der Waals surface area contributed by atoms with Gasteiger partial charge in [-0.1, -0.05) is 53.5 Å². The van der Waals surface area contributed by atoms with E-state index in [0.717, 1.165) is 30.7 Å². The van der Waals surface area contributed by atoms with Gasteiger partial charge in [-0.3, -0.25) is 0 Å². The molecule has 5 heteroatoms. The highest BCUT2D eigenvalue weighted by atomic mass is 35.5. The van der Waals surface area contributed by atoms with E-state index in [9.17, 15) is 0 Å². The predicted molar refractivity (Wildman–Crippen MR) is 95.4 cm³/mol. The summed E-state index contributed by atoms with van der Waals surface area (Å²) in [6.45, 7) is 2.78. The molecular formula is C18H21Cl2NO2. The quantitative estimate of drug-likeness (QED) is 0.662. The summed E-state index contributed by atoms with van der Waals surface area (Å²) >= 11 is 12.6. The molecule has 0 aliphatic carbocycles. The smallest absolute Gasteiger partial charge is 0.156 e. The van der Waals surface area contributed by atoms with Crippen LogP contribution in [0.1, 0.15) is 17.5 Å². The Morgan fingerprint density at radius 2 is 1.70 bits per heavy atom. The van der Waals surface area contributed by atoms with Crippen LogP contribution in [0.4, 0.5) is 0 Å². The highest BCUT2D eigenvalue weighted by molar-refractivity contribution is 6.37. The van der Waals surface area contributed by atoms with Crippen molar-refractivity contribution in [2.75, 3.05) is 20.3 Å². The van der Waals surface area contributed by atoms with Crippen LogP contribution in [0.3, 0.4) is 0 Å². The van der Waals surface area contributed by atoms with Crippen LogP contribution in [-0.2, 0) is 17.9 Å². The molecule has 0 fully saturated rings. The SMILES string of the molecule is COCCCNCc1cc(Cl)c(OCc2ccccc2)c(Cl)c1. The second-order valence-electron chi connectivity index (χ2n) is 5.19. The molecule has 2 aromatic rings. The normalized spacial score (nSPS) is 10.7. The van der Waals surface area contributed by atoms with Crippen molar-refractivity contribution in [1.29, 1.82) is 0 Å². The molecule has 0 radical (unpaired) electrons. The van der Waals surface area contributed by atoms with Gasteiger partial charge in [-0.25, -0.2) is 0 Å². The third kappa shape index (κ3) is 6.04. The minimum atomic E-state index is 0.439. The van der Waals surface area contributed by atoms with Gasteiger partial charge in [0.2, 0.25) is 0 Å². The van der Waals surface area contributed by atoms with Crippen molar-refractivity contribution in [3.05, 3.63) is 63.6 Å². The molecule has 3 nitrogen and oxygen atoms in total. The summed E-state index contributed by atoms with van der Waals surface area (Å²) in [5, 5.41) is 4.39. The van der Waals surface area contributed by atoms with E-state index in [1.807, 2.05) is 42.5 Å². The number of nitrogens with one attached hydrogen (secondary N) is 1. The summed E-state index contributed by atoms with van der Waals surface area (Å²) in [6, 6.07) is 13.7. The maximum absolute atomic E-state index is 6.31. The summed E-state index contributed by atoms with van der Waals surface area (Å²) in [6.07, 6.45) is 0.968. The molecule has 2 aromatic carbocycles. The standard InChI is InChI=1S/C18H21Cl2NO2/c1-22-9-5-8-21-12-15-10-16(19)18(17(20)11-15)23-13-14-6-3-2-4-7-14/h2-4,6-7,10-11,21H,5,8-9,12-13H2,1H3. The van der Waals surface area contributed by atoms with Crippen LogP contribution in [0.25, 0.3) is 0 Å². The number of methoxy groups -OCH3 is 1. The molecule has 23 heavy (non-hydrogen) atoms. The topological polar surface area (TPSA) is 30.5 Å². The van der Waals surface area contributed by atoms with Crippen molar-refractivity contribution in [2.24, 2.45) is 0 Å². The molecule has 0 aromatic heterocycles. The predicted octanol–water partition coefficient (Wildman–Crippen LogP) is 4.70. The van der Waals surface area contributed by atoms with Gasteiger partial charge in [0.15, 0.2) is 5.75 Å². The van der Waals surface area contributed by atoms with Crippen molar-refractivity contribution in [2.45, 2.75) is 19.6 Å². The van der Waals surface area contributed by atoms with Crippen molar-refractivity contribution < 1.29 is 9.47 Å². The molecule has 0 saturated carbocycles. The highest BCUT2D eigenvalue weighted by Crippen LogP contribution is 2.34. The monoisotopic (exact) mass is 353 g/mol. The van der Waals surface area contributed by atoms with Gasteiger partial charge >= 0.3 is 0 Å². The number of ether oxygens (including phenoxy) is 2. The first-order valence-electron chi connectivity index (χ1n) is 7.55. The van der Waals surface area contributed by atoms with E-state index in [1.165, 1.54) is 0 Å². The Morgan fingerprint density at radius 3 is 2.35 bits per heavy atom. The van der Waals surface area contributed by atoms with E-state index in [4.69, 9.17) is 32.7 Å². The Balaban J connectivity index is 1.91. The van der Waals surface area contributed by atoms with Crippen LogP contribution in [0, 0.1) is 0 Å². The Labute approximate surface area is 147 Å². The zero-order chi connectivity index (χ0) is 16.5. The number of rotatable bonds is 9. The molecule has 0 unspecified atom stereocenters. The van der Waals surface area contributed by atoms with Crippen molar-refractivity contribution >= 4 is 23.2 Å². The lowest BCUT2D eigenvalue weighted by Crippen LogP contribution is -2.16. The first-order valence-corrected chi connectivity index (χ1v) is 8.30. The number of benzene rings is 2. The number of hydrogen-bond donors (Lipinski definition) is 1. The summed E-state index contributed by atoms with van der Waals surface area (Å²) in [7, 11) is 1.70. The maximum atomic E-state index is 6.31.